The van der Waals surface area contributed by atoms with Crippen molar-refractivity contribution in [2.45, 2.75) is 13.0 Å². The maximum atomic E-state index is 11.9. The van der Waals surface area contributed by atoms with Crippen LogP contribution in [0.15, 0.2) is 71.5 Å². The van der Waals surface area contributed by atoms with Gasteiger partial charge in [0.15, 0.2) is 0 Å². The Labute approximate surface area is 128 Å². The largest absolute Gasteiger partial charge is 0.349 e. The Balaban J connectivity index is 1.89. The summed E-state index contributed by atoms with van der Waals surface area (Å²) in [6, 6.07) is 21.3. The van der Waals surface area contributed by atoms with E-state index in [2.05, 4.69) is 15.3 Å². The lowest BCUT2D eigenvalue weighted by Gasteiger charge is -2.15. The second-order valence-corrected chi connectivity index (χ2v) is 5.12. The van der Waals surface area contributed by atoms with E-state index in [-0.39, 0.29) is 11.6 Å². The number of nitrogens with one attached hydrogen (secondary N) is 2. The second kappa shape index (κ2) is 6.26. The highest BCUT2D eigenvalue weighted by Crippen LogP contribution is 2.19. The van der Waals surface area contributed by atoms with Crippen LogP contribution in [0.1, 0.15) is 18.5 Å². The first-order chi connectivity index (χ1) is 10.7. The van der Waals surface area contributed by atoms with Crippen LogP contribution in [0.25, 0.3) is 11.3 Å². The molecule has 4 nitrogen and oxygen atoms in total. The van der Waals surface area contributed by atoms with Gasteiger partial charge in [0, 0.05) is 11.6 Å². The van der Waals surface area contributed by atoms with E-state index in [1.807, 2.05) is 67.6 Å². The molecule has 1 aromatic heterocycles. The van der Waals surface area contributed by atoms with Gasteiger partial charge in [-0.2, -0.15) is 0 Å². The molecular formula is C18H17N3O. The maximum Gasteiger partial charge on any atom is 0.252 e. The van der Waals surface area contributed by atoms with Crippen LogP contribution < -0.4 is 10.9 Å². The fourth-order valence-electron chi connectivity index (χ4n) is 2.31. The molecule has 1 unspecified atom stereocenters. The number of hydrogen-bond donors (Lipinski definition) is 2. The number of anilines is 1. The molecule has 0 aliphatic carbocycles. The van der Waals surface area contributed by atoms with E-state index in [1.54, 1.807) is 0 Å². The lowest BCUT2D eigenvalue weighted by molar-refractivity contribution is 0.858. The SMILES string of the molecule is CC(Nc1nc(-c2ccccc2)cc(=O)[nH]1)c1ccccc1. The minimum Gasteiger partial charge on any atom is -0.349 e. The Kier molecular flexibility index (Phi) is 4.01. The summed E-state index contributed by atoms with van der Waals surface area (Å²) < 4.78 is 0. The molecule has 0 aliphatic rings. The van der Waals surface area contributed by atoms with Crippen LogP contribution in [0.2, 0.25) is 0 Å². The van der Waals surface area contributed by atoms with Gasteiger partial charge in [-0.05, 0) is 12.5 Å². The second-order valence-electron chi connectivity index (χ2n) is 5.12. The van der Waals surface area contributed by atoms with Gasteiger partial charge in [0.1, 0.15) is 0 Å². The summed E-state index contributed by atoms with van der Waals surface area (Å²) in [5.41, 5.74) is 2.54. The Hall–Kier alpha value is -2.88. The monoisotopic (exact) mass is 291 g/mol. The van der Waals surface area contributed by atoms with Crippen molar-refractivity contribution in [1.29, 1.82) is 0 Å². The number of hydrogen-bond acceptors (Lipinski definition) is 3. The molecule has 2 N–H and O–H groups in total. The summed E-state index contributed by atoms with van der Waals surface area (Å²) in [5, 5.41) is 3.24. The smallest absolute Gasteiger partial charge is 0.252 e. The van der Waals surface area contributed by atoms with Crippen LogP contribution in [0.5, 0.6) is 0 Å². The summed E-state index contributed by atoms with van der Waals surface area (Å²) in [6.07, 6.45) is 0. The van der Waals surface area contributed by atoms with E-state index in [1.165, 1.54) is 6.07 Å². The molecule has 0 bridgehead atoms. The van der Waals surface area contributed by atoms with Crippen molar-refractivity contribution in [3.05, 3.63) is 82.6 Å². The number of aromatic nitrogens is 2. The van der Waals surface area contributed by atoms with Gasteiger partial charge in [0.25, 0.3) is 5.56 Å². The molecule has 0 amide bonds. The molecule has 0 saturated carbocycles. The van der Waals surface area contributed by atoms with Crippen LogP contribution in [0, 0.1) is 0 Å². The highest BCUT2D eigenvalue weighted by Gasteiger charge is 2.08. The summed E-state index contributed by atoms with van der Waals surface area (Å²) in [6.45, 7) is 2.03. The van der Waals surface area contributed by atoms with E-state index >= 15 is 0 Å². The predicted octanol–water partition coefficient (Wildman–Crippen LogP) is 3.61. The first-order valence-corrected chi connectivity index (χ1v) is 7.20. The van der Waals surface area contributed by atoms with Crippen molar-refractivity contribution in [2.75, 3.05) is 5.32 Å². The zero-order chi connectivity index (χ0) is 15.4. The third-order valence-electron chi connectivity index (χ3n) is 3.46. The molecule has 22 heavy (non-hydrogen) atoms. The third kappa shape index (κ3) is 3.23. The van der Waals surface area contributed by atoms with Gasteiger partial charge in [-0.3, -0.25) is 9.78 Å². The molecule has 0 radical (unpaired) electrons. The number of aromatic amines is 1. The Bertz CT molecular complexity index is 797. The van der Waals surface area contributed by atoms with Gasteiger partial charge >= 0.3 is 0 Å². The molecule has 3 aromatic rings. The van der Waals surface area contributed by atoms with Crippen molar-refractivity contribution >= 4 is 5.95 Å². The van der Waals surface area contributed by atoms with Gasteiger partial charge in [-0.1, -0.05) is 60.7 Å². The first-order valence-electron chi connectivity index (χ1n) is 7.20. The Morgan fingerprint density at radius 2 is 1.64 bits per heavy atom. The molecule has 0 fully saturated rings. The van der Waals surface area contributed by atoms with E-state index in [0.717, 1.165) is 11.1 Å². The van der Waals surface area contributed by atoms with Crippen molar-refractivity contribution < 1.29 is 0 Å². The average Bonchev–Trinajstić information content (AvgIpc) is 2.56. The zero-order valence-electron chi connectivity index (χ0n) is 12.3. The quantitative estimate of drug-likeness (QED) is 0.772. The van der Waals surface area contributed by atoms with Crippen LogP contribution in [0.3, 0.4) is 0 Å². The lowest BCUT2D eigenvalue weighted by Crippen LogP contribution is -2.15. The highest BCUT2D eigenvalue weighted by atomic mass is 16.1. The maximum absolute atomic E-state index is 11.9. The van der Waals surface area contributed by atoms with Gasteiger partial charge < -0.3 is 5.32 Å². The molecule has 2 aromatic carbocycles. The van der Waals surface area contributed by atoms with Crippen LogP contribution >= 0.6 is 0 Å². The molecule has 3 rings (SSSR count). The van der Waals surface area contributed by atoms with E-state index in [0.29, 0.717) is 11.6 Å². The minimum absolute atomic E-state index is 0.0513. The van der Waals surface area contributed by atoms with Crippen LogP contribution in [0.4, 0.5) is 5.95 Å². The molecule has 1 atom stereocenters. The molecule has 0 aliphatic heterocycles. The average molecular weight is 291 g/mol. The fraction of sp³-hybridized carbons (Fsp3) is 0.111. The predicted molar refractivity (Wildman–Crippen MR) is 88.8 cm³/mol. The summed E-state index contributed by atoms with van der Waals surface area (Å²) in [5.74, 6) is 0.475. The molecule has 0 saturated heterocycles. The molecule has 110 valence electrons. The van der Waals surface area contributed by atoms with E-state index in [9.17, 15) is 4.79 Å². The zero-order valence-corrected chi connectivity index (χ0v) is 12.3. The van der Waals surface area contributed by atoms with Crippen LogP contribution in [-0.4, -0.2) is 9.97 Å². The van der Waals surface area contributed by atoms with Crippen molar-refractivity contribution in [3.63, 3.8) is 0 Å². The summed E-state index contributed by atoms with van der Waals surface area (Å²) in [7, 11) is 0. The number of rotatable bonds is 4. The van der Waals surface area contributed by atoms with Crippen LogP contribution in [-0.2, 0) is 0 Å². The Morgan fingerprint density at radius 3 is 2.32 bits per heavy atom. The van der Waals surface area contributed by atoms with E-state index in [4.69, 9.17) is 0 Å². The normalized spacial score (nSPS) is 11.9. The fourth-order valence-corrected chi connectivity index (χ4v) is 2.31. The highest BCUT2D eigenvalue weighted by molar-refractivity contribution is 5.59. The number of benzene rings is 2. The number of nitrogens with zero attached hydrogens (tertiary/aromatic N) is 1. The molecule has 4 heteroatoms. The third-order valence-corrected chi connectivity index (χ3v) is 3.46. The standard InChI is InChI=1S/C18H17N3O/c1-13(14-8-4-2-5-9-14)19-18-20-16(12-17(22)21-18)15-10-6-3-7-11-15/h2-13H,1H3,(H2,19,20,21,22). The first kappa shape index (κ1) is 14.1. The van der Waals surface area contributed by atoms with Gasteiger partial charge in [0.2, 0.25) is 5.95 Å². The van der Waals surface area contributed by atoms with E-state index < -0.39 is 0 Å². The van der Waals surface area contributed by atoms with Gasteiger partial charge in [-0.15, -0.1) is 0 Å². The van der Waals surface area contributed by atoms with Gasteiger partial charge in [0.05, 0.1) is 11.7 Å². The summed E-state index contributed by atoms with van der Waals surface area (Å²) >= 11 is 0. The van der Waals surface area contributed by atoms with Gasteiger partial charge in [-0.25, -0.2) is 4.98 Å². The Morgan fingerprint density at radius 1 is 1.00 bits per heavy atom. The van der Waals surface area contributed by atoms with Crippen molar-refractivity contribution in [3.8, 4) is 11.3 Å². The van der Waals surface area contributed by atoms with Crippen molar-refractivity contribution in [2.24, 2.45) is 0 Å². The number of H-pyrrole nitrogens is 1. The lowest BCUT2D eigenvalue weighted by atomic mass is 10.1. The molecule has 0 spiro atoms. The topological polar surface area (TPSA) is 57.8 Å². The molecular weight excluding hydrogens is 274 g/mol. The minimum atomic E-state index is -0.170. The van der Waals surface area contributed by atoms with Crippen molar-refractivity contribution in [1.82, 2.24) is 9.97 Å². The summed E-state index contributed by atoms with van der Waals surface area (Å²) in [4.78, 5) is 19.1. The molecule has 1 heterocycles.